The van der Waals surface area contributed by atoms with Crippen LogP contribution in [0.5, 0.6) is 0 Å². The smallest absolute Gasteiger partial charge is 0.283 e. The molecule has 10 heteroatoms. The van der Waals surface area contributed by atoms with Gasteiger partial charge in [0.05, 0.1) is 34.2 Å². The van der Waals surface area contributed by atoms with E-state index in [2.05, 4.69) is 15.5 Å². The summed E-state index contributed by atoms with van der Waals surface area (Å²) in [6.07, 6.45) is 0.435. The van der Waals surface area contributed by atoms with Crippen LogP contribution in [0.1, 0.15) is 42.3 Å². The second kappa shape index (κ2) is 6.68. The molecule has 0 unspecified atom stereocenters. The molecule has 0 bridgehead atoms. The summed E-state index contributed by atoms with van der Waals surface area (Å²) in [7, 11) is 1.71. The van der Waals surface area contributed by atoms with Crippen LogP contribution in [0.2, 0.25) is 10.0 Å². The predicted molar refractivity (Wildman–Crippen MR) is 84.2 cm³/mol. The maximum Gasteiger partial charge on any atom is 0.283 e. The van der Waals surface area contributed by atoms with Crippen LogP contribution in [0, 0.1) is 0 Å². The number of hydrogen-bond acceptors (Lipinski definition) is 3. The number of nitrogens with zero attached hydrogens (tertiary/aromatic N) is 4. The Balaban J connectivity index is 1.71. The van der Waals surface area contributed by atoms with Gasteiger partial charge >= 0.3 is 0 Å². The van der Waals surface area contributed by atoms with Crippen LogP contribution >= 0.6 is 23.2 Å². The summed E-state index contributed by atoms with van der Waals surface area (Å²) in [6.45, 7) is 0.0113. The number of alkyl halides is 2. The molecule has 1 N–H and O–H groups in total. The van der Waals surface area contributed by atoms with E-state index in [0.717, 1.165) is 12.8 Å². The van der Waals surface area contributed by atoms with Crippen LogP contribution in [0.15, 0.2) is 6.20 Å². The SMILES string of the molecule is Cn1ncc(Cl)c1CNC(=O)Cn1nc(C(F)F)c(Cl)c1C1CC1. The largest absolute Gasteiger partial charge is 0.349 e. The number of carbonyl (C=O) groups is 1. The summed E-state index contributed by atoms with van der Waals surface area (Å²) in [5.74, 6) is -0.272. The van der Waals surface area contributed by atoms with Crippen molar-refractivity contribution in [3.63, 3.8) is 0 Å². The topological polar surface area (TPSA) is 64.7 Å². The summed E-state index contributed by atoms with van der Waals surface area (Å²) in [6, 6.07) is 0. The normalized spacial score (nSPS) is 14.4. The number of aromatic nitrogens is 4. The van der Waals surface area contributed by atoms with E-state index in [0.29, 0.717) is 16.4 Å². The van der Waals surface area contributed by atoms with Gasteiger partial charge in [0.2, 0.25) is 5.91 Å². The third-order valence-electron chi connectivity index (χ3n) is 3.88. The van der Waals surface area contributed by atoms with Gasteiger partial charge in [-0.2, -0.15) is 10.2 Å². The molecule has 0 atom stereocenters. The standard InChI is InChI=1S/C14H15Cl2F2N5O/c1-22-9(8(15)4-20-22)5-19-10(24)6-23-13(7-2-3-7)11(16)12(21-23)14(17)18/h4,7,14H,2-3,5-6H2,1H3,(H,19,24). The molecule has 3 rings (SSSR count). The quantitative estimate of drug-likeness (QED) is 0.841. The third kappa shape index (κ3) is 3.39. The van der Waals surface area contributed by atoms with Gasteiger partial charge in [0, 0.05) is 13.0 Å². The molecule has 0 aromatic carbocycles. The van der Waals surface area contributed by atoms with Crippen molar-refractivity contribution in [2.45, 2.75) is 38.3 Å². The zero-order valence-corrected chi connectivity index (χ0v) is 14.3. The van der Waals surface area contributed by atoms with Gasteiger partial charge < -0.3 is 5.32 Å². The summed E-state index contributed by atoms with van der Waals surface area (Å²) in [5, 5.41) is 10.9. The lowest BCUT2D eigenvalue weighted by Gasteiger charge is -2.09. The van der Waals surface area contributed by atoms with E-state index in [1.807, 2.05) is 0 Å². The summed E-state index contributed by atoms with van der Waals surface area (Å²) in [4.78, 5) is 12.1. The Morgan fingerprint density at radius 1 is 1.46 bits per heavy atom. The minimum absolute atomic E-state index is 0.0324. The molecule has 1 saturated carbocycles. The first-order chi connectivity index (χ1) is 11.4. The average Bonchev–Trinajstić information content (AvgIpc) is 3.22. The molecule has 0 saturated heterocycles. The fourth-order valence-electron chi connectivity index (χ4n) is 2.49. The molecule has 2 heterocycles. The number of rotatable bonds is 6. The summed E-state index contributed by atoms with van der Waals surface area (Å²) < 4.78 is 28.8. The van der Waals surface area contributed by atoms with Crippen molar-refractivity contribution >= 4 is 29.1 Å². The third-order valence-corrected chi connectivity index (χ3v) is 4.59. The van der Waals surface area contributed by atoms with E-state index in [4.69, 9.17) is 23.2 Å². The average molecular weight is 378 g/mol. The van der Waals surface area contributed by atoms with E-state index in [9.17, 15) is 13.6 Å². The van der Waals surface area contributed by atoms with E-state index >= 15 is 0 Å². The van der Waals surface area contributed by atoms with Crippen molar-refractivity contribution in [1.29, 1.82) is 0 Å². The molecule has 24 heavy (non-hydrogen) atoms. The lowest BCUT2D eigenvalue weighted by molar-refractivity contribution is -0.122. The minimum Gasteiger partial charge on any atom is -0.349 e. The molecule has 1 aliphatic carbocycles. The van der Waals surface area contributed by atoms with Gasteiger partial charge in [0.15, 0.2) is 0 Å². The van der Waals surface area contributed by atoms with Crippen molar-refractivity contribution in [3.8, 4) is 0 Å². The van der Waals surface area contributed by atoms with E-state index < -0.39 is 12.1 Å². The molecule has 2 aromatic heterocycles. The fourth-order valence-corrected chi connectivity index (χ4v) is 3.09. The van der Waals surface area contributed by atoms with Crippen LogP contribution in [0.3, 0.4) is 0 Å². The first-order valence-corrected chi connectivity index (χ1v) is 8.11. The molecule has 130 valence electrons. The zero-order valence-electron chi connectivity index (χ0n) is 12.8. The van der Waals surface area contributed by atoms with E-state index in [-0.39, 0.29) is 29.9 Å². The molecule has 0 radical (unpaired) electrons. The minimum atomic E-state index is -2.77. The van der Waals surface area contributed by atoms with Gasteiger partial charge in [-0.15, -0.1) is 0 Å². The van der Waals surface area contributed by atoms with Crippen LogP contribution in [-0.2, 0) is 24.9 Å². The maximum atomic E-state index is 13.0. The number of aryl methyl sites for hydroxylation is 1. The second-order valence-corrected chi connectivity index (χ2v) is 6.44. The highest BCUT2D eigenvalue weighted by molar-refractivity contribution is 6.32. The second-order valence-electron chi connectivity index (χ2n) is 5.66. The van der Waals surface area contributed by atoms with Crippen LogP contribution in [0.25, 0.3) is 0 Å². The van der Waals surface area contributed by atoms with Crippen LogP contribution in [0.4, 0.5) is 8.78 Å². The first kappa shape index (κ1) is 17.2. The van der Waals surface area contributed by atoms with Gasteiger partial charge in [-0.05, 0) is 12.8 Å². The molecule has 1 aliphatic rings. The predicted octanol–water partition coefficient (Wildman–Crippen LogP) is 3.05. The van der Waals surface area contributed by atoms with Crippen molar-refractivity contribution in [3.05, 3.63) is 33.3 Å². The highest BCUT2D eigenvalue weighted by atomic mass is 35.5. The van der Waals surface area contributed by atoms with Gasteiger partial charge in [0.25, 0.3) is 6.43 Å². The van der Waals surface area contributed by atoms with Crippen molar-refractivity contribution in [1.82, 2.24) is 24.9 Å². The molecule has 1 fully saturated rings. The Morgan fingerprint density at radius 2 is 2.17 bits per heavy atom. The number of halogens is 4. The van der Waals surface area contributed by atoms with E-state index in [1.165, 1.54) is 10.9 Å². The fraction of sp³-hybridized carbons (Fsp3) is 0.500. The Bertz CT molecular complexity index is 750. The summed E-state index contributed by atoms with van der Waals surface area (Å²) in [5.41, 5.74) is 0.695. The van der Waals surface area contributed by atoms with Crippen molar-refractivity contribution in [2.75, 3.05) is 0 Å². The Kier molecular flexibility index (Phi) is 4.78. The molecule has 0 spiro atoms. The lowest BCUT2D eigenvalue weighted by Crippen LogP contribution is -2.29. The monoisotopic (exact) mass is 377 g/mol. The highest BCUT2D eigenvalue weighted by Crippen LogP contribution is 2.45. The Hall–Kier alpha value is -1.67. The van der Waals surface area contributed by atoms with Gasteiger partial charge in [-0.3, -0.25) is 14.2 Å². The molecular formula is C14H15Cl2F2N5O. The Morgan fingerprint density at radius 3 is 2.71 bits per heavy atom. The van der Waals surface area contributed by atoms with Gasteiger partial charge in [0.1, 0.15) is 12.2 Å². The van der Waals surface area contributed by atoms with E-state index in [1.54, 1.807) is 11.7 Å². The van der Waals surface area contributed by atoms with Crippen LogP contribution < -0.4 is 5.32 Å². The number of hydrogen-bond donors (Lipinski definition) is 1. The number of carbonyl (C=O) groups excluding carboxylic acids is 1. The molecule has 0 aliphatic heterocycles. The van der Waals surface area contributed by atoms with Crippen molar-refractivity contribution in [2.24, 2.45) is 7.05 Å². The lowest BCUT2D eigenvalue weighted by atomic mass is 10.2. The highest BCUT2D eigenvalue weighted by Gasteiger charge is 2.34. The van der Waals surface area contributed by atoms with Crippen LogP contribution in [-0.4, -0.2) is 25.5 Å². The first-order valence-electron chi connectivity index (χ1n) is 7.35. The number of amides is 1. The van der Waals surface area contributed by atoms with Gasteiger partial charge in [-0.1, -0.05) is 23.2 Å². The van der Waals surface area contributed by atoms with Gasteiger partial charge in [-0.25, -0.2) is 8.78 Å². The molecular weight excluding hydrogens is 363 g/mol. The molecule has 2 aromatic rings. The summed E-state index contributed by atoms with van der Waals surface area (Å²) >= 11 is 12.0. The number of nitrogens with one attached hydrogen (secondary N) is 1. The molecule has 1 amide bonds. The van der Waals surface area contributed by atoms with Crippen molar-refractivity contribution < 1.29 is 13.6 Å². The molecule has 6 nitrogen and oxygen atoms in total. The zero-order chi connectivity index (χ0) is 17.4. The maximum absolute atomic E-state index is 13.0. The Labute approximate surface area is 146 Å².